The van der Waals surface area contributed by atoms with Crippen molar-refractivity contribution < 1.29 is 18.7 Å². The number of furan rings is 1. The SMILES string of the molecule is CCOC(=O)C(C)(C)Oc1ccc(CN(CCN(CC)c2ccccc2)Cc2ccco2)cc1. The molecule has 0 radical (unpaired) electrons. The zero-order valence-corrected chi connectivity index (χ0v) is 20.7. The molecule has 34 heavy (non-hydrogen) atoms. The second-order valence-electron chi connectivity index (χ2n) is 8.68. The summed E-state index contributed by atoms with van der Waals surface area (Å²) >= 11 is 0. The lowest BCUT2D eigenvalue weighted by molar-refractivity contribution is -0.158. The van der Waals surface area contributed by atoms with E-state index in [0.29, 0.717) is 12.4 Å². The van der Waals surface area contributed by atoms with Crippen LogP contribution in [0.2, 0.25) is 0 Å². The molecule has 6 heteroatoms. The molecule has 0 bridgehead atoms. The first-order valence-electron chi connectivity index (χ1n) is 11.9. The lowest BCUT2D eigenvalue weighted by Gasteiger charge is -2.28. The lowest BCUT2D eigenvalue weighted by atomic mass is 10.1. The Bertz CT molecular complexity index is 985. The van der Waals surface area contributed by atoms with E-state index in [1.807, 2.05) is 42.5 Å². The third-order valence-electron chi connectivity index (χ3n) is 5.62. The summed E-state index contributed by atoms with van der Waals surface area (Å²) in [6.07, 6.45) is 1.72. The first-order valence-corrected chi connectivity index (χ1v) is 11.9. The second-order valence-corrected chi connectivity index (χ2v) is 8.68. The van der Waals surface area contributed by atoms with E-state index in [1.54, 1.807) is 27.0 Å². The molecule has 0 saturated carbocycles. The highest BCUT2D eigenvalue weighted by Crippen LogP contribution is 2.21. The van der Waals surface area contributed by atoms with Crippen molar-refractivity contribution in [2.75, 3.05) is 31.1 Å². The second kappa shape index (κ2) is 12.3. The summed E-state index contributed by atoms with van der Waals surface area (Å²) < 4.78 is 16.6. The Morgan fingerprint density at radius 1 is 0.912 bits per heavy atom. The summed E-state index contributed by atoms with van der Waals surface area (Å²) in [7, 11) is 0. The maximum absolute atomic E-state index is 12.1. The third kappa shape index (κ3) is 7.39. The molecule has 0 unspecified atom stereocenters. The van der Waals surface area contributed by atoms with Gasteiger partial charge in [0.15, 0.2) is 5.60 Å². The molecule has 2 aromatic carbocycles. The summed E-state index contributed by atoms with van der Waals surface area (Å²) in [5.74, 6) is 1.21. The first-order chi connectivity index (χ1) is 16.4. The van der Waals surface area contributed by atoms with Crippen LogP contribution < -0.4 is 9.64 Å². The maximum atomic E-state index is 12.1. The third-order valence-corrected chi connectivity index (χ3v) is 5.62. The monoisotopic (exact) mass is 464 g/mol. The molecule has 0 aliphatic heterocycles. The van der Waals surface area contributed by atoms with Crippen LogP contribution in [0.4, 0.5) is 5.69 Å². The summed E-state index contributed by atoms with van der Waals surface area (Å²) in [5, 5.41) is 0. The number of carbonyl (C=O) groups is 1. The van der Waals surface area contributed by atoms with Gasteiger partial charge in [0.25, 0.3) is 0 Å². The summed E-state index contributed by atoms with van der Waals surface area (Å²) in [5.41, 5.74) is 1.36. The minimum absolute atomic E-state index is 0.329. The van der Waals surface area contributed by atoms with E-state index in [2.05, 4.69) is 41.0 Å². The van der Waals surface area contributed by atoms with Crippen LogP contribution in [-0.4, -0.2) is 42.7 Å². The molecule has 0 atom stereocenters. The molecular formula is C28H36N2O4. The van der Waals surface area contributed by atoms with Gasteiger partial charge in [-0.15, -0.1) is 0 Å². The minimum atomic E-state index is -1.04. The number of likely N-dealkylation sites (N-methyl/N-ethyl adjacent to an activating group) is 1. The summed E-state index contributed by atoms with van der Waals surface area (Å²) in [4.78, 5) is 16.9. The number of rotatable bonds is 13. The fourth-order valence-corrected chi connectivity index (χ4v) is 3.77. The zero-order valence-electron chi connectivity index (χ0n) is 20.7. The number of benzene rings is 2. The van der Waals surface area contributed by atoms with Gasteiger partial charge < -0.3 is 18.8 Å². The Morgan fingerprint density at radius 2 is 1.65 bits per heavy atom. The van der Waals surface area contributed by atoms with E-state index >= 15 is 0 Å². The zero-order chi connectivity index (χ0) is 24.4. The van der Waals surface area contributed by atoms with Gasteiger partial charge in [-0.1, -0.05) is 30.3 Å². The molecule has 1 heterocycles. The molecule has 3 rings (SSSR count). The molecule has 1 aromatic heterocycles. The smallest absolute Gasteiger partial charge is 0.349 e. The number of anilines is 1. The van der Waals surface area contributed by atoms with Crippen LogP contribution in [0.25, 0.3) is 0 Å². The van der Waals surface area contributed by atoms with E-state index in [-0.39, 0.29) is 5.97 Å². The van der Waals surface area contributed by atoms with Crippen LogP contribution in [-0.2, 0) is 22.6 Å². The molecule has 0 fully saturated rings. The Hall–Kier alpha value is -3.25. The van der Waals surface area contributed by atoms with Gasteiger partial charge in [-0.05, 0) is 69.7 Å². The number of para-hydroxylation sites is 1. The van der Waals surface area contributed by atoms with Gasteiger partial charge in [-0.2, -0.15) is 0 Å². The van der Waals surface area contributed by atoms with Gasteiger partial charge in [-0.25, -0.2) is 4.79 Å². The van der Waals surface area contributed by atoms with Crippen LogP contribution in [0.3, 0.4) is 0 Å². The van der Waals surface area contributed by atoms with Crippen molar-refractivity contribution >= 4 is 11.7 Å². The van der Waals surface area contributed by atoms with Gasteiger partial charge in [0.05, 0.1) is 19.4 Å². The Kier molecular flexibility index (Phi) is 9.16. The highest BCUT2D eigenvalue weighted by molar-refractivity contribution is 5.79. The fourth-order valence-electron chi connectivity index (χ4n) is 3.77. The van der Waals surface area contributed by atoms with Crippen molar-refractivity contribution in [2.45, 2.75) is 46.4 Å². The largest absolute Gasteiger partial charge is 0.476 e. The molecular weight excluding hydrogens is 428 g/mol. The van der Waals surface area contributed by atoms with Crippen molar-refractivity contribution in [1.82, 2.24) is 4.90 Å². The lowest BCUT2D eigenvalue weighted by Crippen LogP contribution is -2.39. The van der Waals surface area contributed by atoms with Crippen molar-refractivity contribution in [3.63, 3.8) is 0 Å². The maximum Gasteiger partial charge on any atom is 0.349 e. The Balaban J connectivity index is 1.65. The fraction of sp³-hybridized carbons (Fsp3) is 0.393. The van der Waals surface area contributed by atoms with Gasteiger partial charge in [0.2, 0.25) is 0 Å². The normalized spacial score (nSPS) is 11.4. The topological polar surface area (TPSA) is 55.2 Å². The Labute approximate surface area is 203 Å². The summed E-state index contributed by atoms with van der Waals surface area (Å²) in [6, 6.07) is 22.3. The van der Waals surface area contributed by atoms with Gasteiger partial charge >= 0.3 is 5.97 Å². The predicted molar refractivity (Wildman–Crippen MR) is 135 cm³/mol. The van der Waals surface area contributed by atoms with Crippen LogP contribution in [0.5, 0.6) is 5.75 Å². The predicted octanol–water partition coefficient (Wildman–Crippen LogP) is 5.53. The van der Waals surface area contributed by atoms with E-state index < -0.39 is 5.60 Å². The number of hydrogen-bond acceptors (Lipinski definition) is 6. The molecule has 3 aromatic rings. The van der Waals surface area contributed by atoms with E-state index in [0.717, 1.165) is 44.0 Å². The van der Waals surface area contributed by atoms with E-state index in [4.69, 9.17) is 13.9 Å². The quantitative estimate of drug-likeness (QED) is 0.310. The number of ether oxygens (including phenoxy) is 2. The number of carbonyl (C=O) groups excluding carboxylic acids is 1. The standard InChI is InChI=1S/C28H36N2O4/c1-5-30(24-11-8-7-9-12-24)19-18-29(22-26-13-10-20-33-26)21-23-14-16-25(17-15-23)34-28(3,4)27(31)32-6-2/h7-17,20H,5-6,18-19,21-22H2,1-4H3. The molecule has 0 amide bonds. The molecule has 0 N–H and O–H groups in total. The van der Waals surface area contributed by atoms with Crippen LogP contribution in [0.15, 0.2) is 77.4 Å². The number of hydrogen-bond donors (Lipinski definition) is 0. The molecule has 0 spiro atoms. The molecule has 182 valence electrons. The molecule has 6 nitrogen and oxygen atoms in total. The molecule has 0 saturated heterocycles. The first kappa shape index (κ1) is 25.4. The highest BCUT2D eigenvalue weighted by Gasteiger charge is 2.31. The Morgan fingerprint density at radius 3 is 2.26 bits per heavy atom. The average Bonchev–Trinajstić information content (AvgIpc) is 3.34. The van der Waals surface area contributed by atoms with E-state index in [9.17, 15) is 4.79 Å². The van der Waals surface area contributed by atoms with Crippen molar-refractivity contribution in [1.29, 1.82) is 0 Å². The number of nitrogens with zero attached hydrogens (tertiary/aromatic N) is 2. The van der Waals surface area contributed by atoms with Crippen LogP contribution >= 0.6 is 0 Å². The molecule has 0 aliphatic carbocycles. The number of esters is 1. The van der Waals surface area contributed by atoms with E-state index in [1.165, 1.54) is 5.69 Å². The van der Waals surface area contributed by atoms with Crippen LogP contribution in [0.1, 0.15) is 39.0 Å². The molecule has 0 aliphatic rings. The van der Waals surface area contributed by atoms with Crippen LogP contribution in [0, 0.1) is 0 Å². The average molecular weight is 465 g/mol. The van der Waals surface area contributed by atoms with Gasteiger partial charge in [0, 0.05) is 31.9 Å². The van der Waals surface area contributed by atoms with Crippen molar-refractivity contribution in [3.8, 4) is 5.75 Å². The summed E-state index contributed by atoms with van der Waals surface area (Å²) in [6.45, 7) is 12.0. The van der Waals surface area contributed by atoms with Gasteiger partial charge in [0.1, 0.15) is 11.5 Å². The van der Waals surface area contributed by atoms with Crippen molar-refractivity contribution in [2.24, 2.45) is 0 Å². The van der Waals surface area contributed by atoms with Crippen molar-refractivity contribution in [3.05, 3.63) is 84.3 Å². The minimum Gasteiger partial charge on any atom is -0.476 e. The highest BCUT2D eigenvalue weighted by atomic mass is 16.6. The van der Waals surface area contributed by atoms with Gasteiger partial charge in [-0.3, -0.25) is 4.90 Å².